The number of nitrogen functional groups attached to an aromatic ring is 1. The molecular formula is C13H9N3O2S. The zero-order valence-electron chi connectivity index (χ0n) is 9.70. The number of fused-ring (bicyclic) bond motifs is 1. The molecule has 0 amide bonds. The van der Waals surface area contributed by atoms with E-state index in [2.05, 4.69) is 9.97 Å². The van der Waals surface area contributed by atoms with Gasteiger partial charge in [0, 0.05) is 10.9 Å². The maximum atomic E-state index is 11.0. The van der Waals surface area contributed by atoms with Crippen LogP contribution in [0.5, 0.6) is 0 Å². The van der Waals surface area contributed by atoms with E-state index < -0.39 is 5.97 Å². The van der Waals surface area contributed by atoms with Gasteiger partial charge >= 0.3 is 5.97 Å². The Morgan fingerprint density at radius 2 is 1.95 bits per heavy atom. The van der Waals surface area contributed by atoms with Gasteiger partial charge in [-0.1, -0.05) is 30.3 Å². The summed E-state index contributed by atoms with van der Waals surface area (Å²) in [7, 11) is 0. The molecule has 1 aromatic carbocycles. The second kappa shape index (κ2) is 4.33. The van der Waals surface area contributed by atoms with Crippen LogP contribution in [0.4, 0.5) is 5.95 Å². The van der Waals surface area contributed by atoms with Gasteiger partial charge in [-0.2, -0.15) is 0 Å². The lowest BCUT2D eigenvalue weighted by molar-refractivity contribution is 0.0702. The molecule has 0 saturated carbocycles. The molecule has 0 aliphatic carbocycles. The Morgan fingerprint density at radius 1 is 1.21 bits per heavy atom. The monoisotopic (exact) mass is 271 g/mol. The number of anilines is 1. The number of nitrogens with two attached hydrogens (primary N) is 1. The van der Waals surface area contributed by atoms with Crippen LogP contribution in [0, 0.1) is 0 Å². The Labute approximate surface area is 112 Å². The third kappa shape index (κ3) is 2.02. The number of carboxylic acid groups (broad SMARTS) is 1. The molecule has 0 unspecified atom stereocenters. The van der Waals surface area contributed by atoms with E-state index in [0.717, 1.165) is 16.9 Å². The molecule has 0 bridgehead atoms. The highest BCUT2D eigenvalue weighted by molar-refractivity contribution is 7.20. The van der Waals surface area contributed by atoms with Gasteiger partial charge in [-0.3, -0.25) is 0 Å². The van der Waals surface area contributed by atoms with E-state index in [1.807, 2.05) is 30.3 Å². The smallest absolute Gasteiger partial charge is 0.345 e. The fourth-order valence-electron chi connectivity index (χ4n) is 1.86. The van der Waals surface area contributed by atoms with Crippen molar-refractivity contribution < 1.29 is 9.90 Å². The third-order valence-corrected chi connectivity index (χ3v) is 3.68. The molecule has 0 aliphatic rings. The van der Waals surface area contributed by atoms with Crippen LogP contribution in [0.2, 0.25) is 0 Å². The minimum Gasteiger partial charge on any atom is -0.477 e. The largest absolute Gasteiger partial charge is 0.477 e. The zero-order valence-corrected chi connectivity index (χ0v) is 10.5. The van der Waals surface area contributed by atoms with Crippen LogP contribution in [0.15, 0.2) is 36.4 Å². The summed E-state index contributed by atoms with van der Waals surface area (Å²) in [5, 5.41) is 9.76. The number of aromatic carboxylic acids is 1. The van der Waals surface area contributed by atoms with Crippen LogP contribution >= 0.6 is 11.3 Å². The molecule has 0 saturated heterocycles. The predicted molar refractivity (Wildman–Crippen MR) is 74.2 cm³/mol. The van der Waals surface area contributed by atoms with Crippen LogP contribution in [0.25, 0.3) is 21.5 Å². The third-order valence-electron chi connectivity index (χ3n) is 2.67. The average Bonchev–Trinajstić information content (AvgIpc) is 2.82. The zero-order chi connectivity index (χ0) is 13.4. The summed E-state index contributed by atoms with van der Waals surface area (Å²) in [6, 6.07) is 11.1. The molecule has 0 fully saturated rings. The van der Waals surface area contributed by atoms with Crippen molar-refractivity contribution in [2.24, 2.45) is 0 Å². The molecule has 3 rings (SSSR count). The van der Waals surface area contributed by atoms with Crippen molar-refractivity contribution in [1.82, 2.24) is 9.97 Å². The van der Waals surface area contributed by atoms with E-state index in [0.29, 0.717) is 15.9 Å². The summed E-state index contributed by atoms with van der Waals surface area (Å²) >= 11 is 1.10. The molecule has 0 aliphatic heterocycles. The van der Waals surface area contributed by atoms with Crippen molar-refractivity contribution in [2.75, 3.05) is 5.73 Å². The molecule has 0 atom stereocenters. The fourth-order valence-corrected chi connectivity index (χ4v) is 2.74. The summed E-state index contributed by atoms with van der Waals surface area (Å²) in [5.74, 6) is -0.828. The summed E-state index contributed by atoms with van der Waals surface area (Å²) in [6.45, 7) is 0. The molecular weight excluding hydrogens is 262 g/mol. The van der Waals surface area contributed by atoms with Crippen molar-refractivity contribution in [3.05, 3.63) is 41.3 Å². The molecule has 94 valence electrons. The second-order valence-electron chi connectivity index (χ2n) is 3.93. The Morgan fingerprint density at radius 3 is 2.63 bits per heavy atom. The predicted octanol–water partition coefficient (Wildman–Crippen LogP) is 2.64. The minimum absolute atomic E-state index is 0.144. The number of nitrogens with zero attached hydrogens (tertiary/aromatic N) is 2. The molecule has 0 radical (unpaired) electrons. The van der Waals surface area contributed by atoms with Gasteiger partial charge in [0.15, 0.2) is 0 Å². The highest BCUT2D eigenvalue weighted by Gasteiger charge is 2.15. The summed E-state index contributed by atoms with van der Waals surface area (Å²) < 4.78 is 0. The minimum atomic E-state index is -0.972. The van der Waals surface area contributed by atoms with E-state index >= 15 is 0 Å². The Hall–Kier alpha value is -2.47. The Bertz CT molecular complexity index is 768. The molecule has 5 nitrogen and oxygen atoms in total. The number of hydrogen-bond donors (Lipinski definition) is 2. The number of thiophene rings is 1. The highest BCUT2D eigenvalue weighted by Crippen LogP contribution is 2.32. The SMILES string of the molecule is Nc1nc(-c2ccccc2)c2cc(C(=O)O)sc2n1. The normalized spacial score (nSPS) is 10.7. The molecule has 2 aromatic heterocycles. The number of carboxylic acids is 1. The number of aromatic nitrogens is 2. The van der Waals surface area contributed by atoms with Crippen molar-refractivity contribution >= 4 is 33.5 Å². The van der Waals surface area contributed by atoms with Gasteiger partial charge in [-0.25, -0.2) is 14.8 Å². The van der Waals surface area contributed by atoms with E-state index in [1.54, 1.807) is 6.07 Å². The quantitative estimate of drug-likeness (QED) is 0.748. The summed E-state index contributed by atoms with van der Waals surface area (Å²) in [5.41, 5.74) is 7.23. The van der Waals surface area contributed by atoms with Crippen molar-refractivity contribution in [1.29, 1.82) is 0 Å². The lowest BCUT2D eigenvalue weighted by Crippen LogP contribution is -1.96. The van der Waals surface area contributed by atoms with Gasteiger partial charge in [-0.05, 0) is 6.07 Å². The summed E-state index contributed by atoms with van der Waals surface area (Å²) in [4.78, 5) is 20.2. The summed E-state index contributed by atoms with van der Waals surface area (Å²) in [6.07, 6.45) is 0. The van der Waals surface area contributed by atoms with Gasteiger partial charge in [0.2, 0.25) is 5.95 Å². The van der Waals surface area contributed by atoms with Crippen LogP contribution < -0.4 is 5.73 Å². The van der Waals surface area contributed by atoms with Crippen LogP contribution in [0.3, 0.4) is 0 Å². The van der Waals surface area contributed by atoms with Gasteiger partial charge in [0.25, 0.3) is 0 Å². The molecule has 2 heterocycles. The first-order chi connectivity index (χ1) is 9.15. The van der Waals surface area contributed by atoms with Gasteiger partial charge in [0.1, 0.15) is 9.71 Å². The van der Waals surface area contributed by atoms with Crippen LogP contribution in [-0.2, 0) is 0 Å². The maximum Gasteiger partial charge on any atom is 0.345 e. The topological polar surface area (TPSA) is 89.1 Å². The number of benzene rings is 1. The second-order valence-corrected chi connectivity index (χ2v) is 4.96. The lowest BCUT2D eigenvalue weighted by atomic mass is 10.1. The van der Waals surface area contributed by atoms with Crippen molar-refractivity contribution in [3.8, 4) is 11.3 Å². The van der Waals surface area contributed by atoms with E-state index in [1.165, 1.54) is 0 Å². The lowest BCUT2D eigenvalue weighted by Gasteiger charge is -2.03. The Kier molecular flexibility index (Phi) is 2.64. The number of hydrogen-bond acceptors (Lipinski definition) is 5. The van der Waals surface area contributed by atoms with Gasteiger partial charge < -0.3 is 10.8 Å². The first-order valence-corrected chi connectivity index (χ1v) is 6.32. The molecule has 6 heteroatoms. The fraction of sp³-hybridized carbons (Fsp3) is 0. The molecule has 3 aromatic rings. The van der Waals surface area contributed by atoms with Crippen LogP contribution in [0.1, 0.15) is 9.67 Å². The molecule has 19 heavy (non-hydrogen) atoms. The van der Waals surface area contributed by atoms with E-state index in [4.69, 9.17) is 10.8 Å². The number of rotatable bonds is 2. The standard InChI is InChI=1S/C13H9N3O2S/c14-13-15-10(7-4-2-1-3-5-7)8-6-9(12(17)18)19-11(8)16-13/h1-6H,(H,17,18)(H2,14,15,16). The first-order valence-electron chi connectivity index (χ1n) is 5.51. The van der Waals surface area contributed by atoms with Gasteiger partial charge in [0.05, 0.1) is 5.69 Å². The first kappa shape index (κ1) is 11.6. The van der Waals surface area contributed by atoms with Gasteiger partial charge in [-0.15, -0.1) is 11.3 Å². The van der Waals surface area contributed by atoms with E-state index in [9.17, 15) is 4.79 Å². The van der Waals surface area contributed by atoms with Crippen molar-refractivity contribution in [2.45, 2.75) is 0 Å². The number of carbonyl (C=O) groups is 1. The maximum absolute atomic E-state index is 11.0. The van der Waals surface area contributed by atoms with Crippen LogP contribution in [-0.4, -0.2) is 21.0 Å². The average molecular weight is 271 g/mol. The Balaban J connectivity index is 2.32. The van der Waals surface area contributed by atoms with Crippen molar-refractivity contribution in [3.63, 3.8) is 0 Å². The van der Waals surface area contributed by atoms with E-state index in [-0.39, 0.29) is 10.8 Å². The molecule has 0 spiro atoms. The highest BCUT2D eigenvalue weighted by atomic mass is 32.1. The molecule has 3 N–H and O–H groups in total.